The molecular formula is C15H16O4. The van der Waals surface area contributed by atoms with Gasteiger partial charge >= 0.3 is 11.6 Å². The summed E-state index contributed by atoms with van der Waals surface area (Å²) in [5, 5.41) is 0.874. The summed E-state index contributed by atoms with van der Waals surface area (Å²) >= 11 is 0. The predicted molar refractivity (Wildman–Crippen MR) is 72.2 cm³/mol. The smallest absolute Gasteiger partial charge is 0.339 e. The Labute approximate surface area is 111 Å². The SMILES string of the molecule is CCOC(=O)CCc1cc2cc(C)ccc2oc1=O. The van der Waals surface area contributed by atoms with Crippen molar-refractivity contribution >= 4 is 16.9 Å². The number of ether oxygens (including phenoxy) is 1. The molecule has 0 bridgehead atoms. The van der Waals surface area contributed by atoms with Crippen molar-refractivity contribution in [3.05, 3.63) is 45.8 Å². The molecule has 0 aliphatic heterocycles. The van der Waals surface area contributed by atoms with Crippen LogP contribution in [0.25, 0.3) is 11.0 Å². The van der Waals surface area contributed by atoms with E-state index >= 15 is 0 Å². The van der Waals surface area contributed by atoms with Gasteiger partial charge < -0.3 is 9.15 Å². The molecule has 0 spiro atoms. The Morgan fingerprint density at radius 2 is 2.11 bits per heavy atom. The monoisotopic (exact) mass is 260 g/mol. The zero-order valence-electron chi connectivity index (χ0n) is 11.1. The van der Waals surface area contributed by atoms with Crippen molar-refractivity contribution in [2.24, 2.45) is 0 Å². The molecule has 0 amide bonds. The number of esters is 1. The number of aryl methyl sites for hydroxylation is 2. The first kappa shape index (κ1) is 13.3. The van der Waals surface area contributed by atoms with Crippen LogP contribution < -0.4 is 5.63 Å². The highest BCUT2D eigenvalue weighted by molar-refractivity contribution is 5.78. The summed E-state index contributed by atoms with van der Waals surface area (Å²) in [5.74, 6) is -0.300. The highest BCUT2D eigenvalue weighted by atomic mass is 16.5. The fourth-order valence-corrected chi connectivity index (χ4v) is 1.93. The van der Waals surface area contributed by atoms with E-state index in [4.69, 9.17) is 9.15 Å². The predicted octanol–water partition coefficient (Wildman–Crippen LogP) is 2.60. The average molecular weight is 260 g/mol. The lowest BCUT2D eigenvalue weighted by Gasteiger charge is -2.03. The molecule has 1 heterocycles. The average Bonchev–Trinajstić information content (AvgIpc) is 2.37. The van der Waals surface area contributed by atoms with Crippen LogP contribution in [0.3, 0.4) is 0 Å². The summed E-state index contributed by atoms with van der Waals surface area (Å²) in [7, 11) is 0. The van der Waals surface area contributed by atoms with E-state index in [1.54, 1.807) is 19.1 Å². The van der Waals surface area contributed by atoms with E-state index in [0.717, 1.165) is 10.9 Å². The maximum atomic E-state index is 11.8. The number of hydrogen-bond donors (Lipinski definition) is 0. The van der Waals surface area contributed by atoms with E-state index in [-0.39, 0.29) is 18.0 Å². The van der Waals surface area contributed by atoms with Gasteiger partial charge in [-0.1, -0.05) is 11.6 Å². The van der Waals surface area contributed by atoms with Gasteiger partial charge in [0.2, 0.25) is 0 Å². The van der Waals surface area contributed by atoms with E-state index in [1.165, 1.54) is 0 Å². The lowest BCUT2D eigenvalue weighted by Crippen LogP contribution is -2.11. The van der Waals surface area contributed by atoms with Crippen LogP contribution in [0.1, 0.15) is 24.5 Å². The first-order valence-electron chi connectivity index (χ1n) is 6.29. The van der Waals surface area contributed by atoms with Gasteiger partial charge in [-0.3, -0.25) is 4.79 Å². The Bertz CT molecular complexity index is 655. The standard InChI is InChI=1S/C15H16O4/c1-3-18-14(16)7-5-11-9-12-8-10(2)4-6-13(12)19-15(11)17/h4,6,8-9H,3,5,7H2,1-2H3. The van der Waals surface area contributed by atoms with E-state index in [0.29, 0.717) is 24.2 Å². The first-order valence-corrected chi connectivity index (χ1v) is 6.29. The molecule has 1 aromatic heterocycles. The van der Waals surface area contributed by atoms with E-state index in [1.807, 2.05) is 19.1 Å². The van der Waals surface area contributed by atoms with Crippen LogP contribution >= 0.6 is 0 Å². The molecule has 0 atom stereocenters. The second-order valence-corrected chi connectivity index (χ2v) is 4.41. The highest BCUT2D eigenvalue weighted by Gasteiger charge is 2.08. The summed E-state index contributed by atoms with van der Waals surface area (Å²) < 4.78 is 10.1. The van der Waals surface area contributed by atoms with Gasteiger partial charge in [0.15, 0.2) is 0 Å². The Morgan fingerprint density at radius 3 is 2.84 bits per heavy atom. The number of carbonyl (C=O) groups is 1. The maximum Gasteiger partial charge on any atom is 0.339 e. The maximum absolute atomic E-state index is 11.8. The molecule has 1 aromatic carbocycles. The van der Waals surface area contributed by atoms with Crippen molar-refractivity contribution in [1.29, 1.82) is 0 Å². The van der Waals surface area contributed by atoms with Crippen molar-refractivity contribution in [1.82, 2.24) is 0 Å². The van der Waals surface area contributed by atoms with Gasteiger partial charge in [-0.05, 0) is 38.5 Å². The third kappa shape index (κ3) is 3.22. The minimum absolute atomic E-state index is 0.190. The first-order chi connectivity index (χ1) is 9.10. The molecule has 4 nitrogen and oxygen atoms in total. The number of rotatable bonds is 4. The number of benzene rings is 1. The van der Waals surface area contributed by atoms with Crippen LogP contribution in [0, 0.1) is 6.92 Å². The van der Waals surface area contributed by atoms with Crippen molar-refractivity contribution in [3.63, 3.8) is 0 Å². The zero-order valence-corrected chi connectivity index (χ0v) is 11.1. The summed E-state index contributed by atoms with van der Waals surface area (Å²) in [4.78, 5) is 23.1. The van der Waals surface area contributed by atoms with E-state index in [2.05, 4.69) is 0 Å². The van der Waals surface area contributed by atoms with Crippen molar-refractivity contribution < 1.29 is 13.9 Å². The number of carbonyl (C=O) groups excluding carboxylic acids is 1. The molecule has 0 unspecified atom stereocenters. The van der Waals surface area contributed by atoms with Crippen LogP contribution in [0.2, 0.25) is 0 Å². The number of fused-ring (bicyclic) bond motifs is 1. The molecule has 0 radical (unpaired) electrons. The minimum Gasteiger partial charge on any atom is -0.466 e. The number of hydrogen-bond acceptors (Lipinski definition) is 4. The van der Waals surface area contributed by atoms with Gasteiger partial charge in [0, 0.05) is 17.4 Å². The second-order valence-electron chi connectivity index (χ2n) is 4.41. The van der Waals surface area contributed by atoms with E-state index < -0.39 is 0 Å². The van der Waals surface area contributed by atoms with Crippen molar-refractivity contribution in [3.8, 4) is 0 Å². The summed E-state index contributed by atoms with van der Waals surface area (Å²) in [5.41, 5.74) is 1.78. The van der Waals surface area contributed by atoms with Gasteiger partial charge in [0.05, 0.1) is 6.61 Å². The van der Waals surface area contributed by atoms with Gasteiger partial charge in [-0.25, -0.2) is 4.79 Å². The van der Waals surface area contributed by atoms with Gasteiger partial charge in [-0.15, -0.1) is 0 Å². The zero-order chi connectivity index (χ0) is 13.8. The van der Waals surface area contributed by atoms with Gasteiger partial charge in [0.1, 0.15) is 5.58 Å². The molecule has 2 rings (SSSR count). The summed E-state index contributed by atoms with van der Waals surface area (Å²) in [6.45, 7) is 4.08. The molecule has 4 heteroatoms. The Balaban J connectivity index is 2.25. The molecule has 0 aliphatic carbocycles. The van der Waals surface area contributed by atoms with Crippen LogP contribution in [0.15, 0.2) is 33.5 Å². The van der Waals surface area contributed by atoms with Crippen LogP contribution in [0.4, 0.5) is 0 Å². The molecule has 0 saturated heterocycles. The van der Waals surface area contributed by atoms with Crippen LogP contribution in [0.5, 0.6) is 0 Å². The van der Waals surface area contributed by atoms with Crippen LogP contribution in [-0.4, -0.2) is 12.6 Å². The van der Waals surface area contributed by atoms with E-state index in [9.17, 15) is 9.59 Å². The fourth-order valence-electron chi connectivity index (χ4n) is 1.93. The van der Waals surface area contributed by atoms with Gasteiger partial charge in [0.25, 0.3) is 0 Å². The molecule has 2 aromatic rings. The Morgan fingerprint density at radius 1 is 1.32 bits per heavy atom. The fraction of sp³-hybridized carbons (Fsp3) is 0.333. The molecule has 0 fully saturated rings. The quantitative estimate of drug-likeness (QED) is 0.626. The van der Waals surface area contributed by atoms with Crippen LogP contribution in [-0.2, 0) is 16.0 Å². The molecule has 0 saturated carbocycles. The van der Waals surface area contributed by atoms with Crippen molar-refractivity contribution in [2.45, 2.75) is 26.7 Å². The molecule has 0 N–H and O–H groups in total. The topological polar surface area (TPSA) is 56.5 Å². The summed E-state index contributed by atoms with van der Waals surface area (Å²) in [6.07, 6.45) is 0.529. The highest BCUT2D eigenvalue weighted by Crippen LogP contribution is 2.16. The third-order valence-corrected chi connectivity index (χ3v) is 2.86. The largest absolute Gasteiger partial charge is 0.466 e. The lowest BCUT2D eigenvalue weighted by atomic mass is 10.1. The normalized spacial score (nSPS) is 10.6. The Kier molecular flexibility index (Phi) is 4.00. The summed E-state index contributed by atoms with van der Waals surface area (Å²) in [6, 6.07) is 7.41. The van der Waals surface area contributed by atoms with Crippen molar-refractivity contribution in [2.75, 3.05) is 6.61 Å². The molecule has 19 heavy (non-hydrogen) atoms. The Hall–Kier alpha value is -2.10. The minimum atomic E-state index is -0.388. The molecule has 100 valence electrons. The lowest BCUT2D eigenvalue weighted by molar-refractivity contribution is -0.143. The third-order valence-electron chi connectivity index (χ3n) is 2.86. The molecular weight excluding hydrogens is 244 g/mol. The second kappa shape index (κ2) is 5.69. The molecule has 0 aliphatic rings. The van der Waals surface area contributed by atoms with Gasteiger partial charge in [-0.2, -0.15) is 0 Å².